The first-order chi connectivity index (χ1) is 14.0. The van der Waals surface area contributed by atoms with Crippen LogP contribution in [0, 0.1) is 17.8 Å². The van der Waals surface area contributed by atoms with Gasteiger partial charge >= 0.3 is 197 Å². The summed E-state index contributed by atoms with van der Waals surface area (Å²) in [5.74, 6) is 6.87. The van der Waals surface area contributed by atoms with Crippen LogP contribution in [0.4, 0.5) is 0 Å². The Morgan fingerprint density at radius 1 is 0.933 bits per heavy atom. The van der Waals surface area contributed by atoms with Gasteiger partial charge in [0, 0.05) is 0 Å². The first-order valence-corrected chi connectivity index (χ1v) is 23.4. The standard InChI is InChI=1S/C15H27OSi.3C4H9.Sn/c1-9-11-12-13(3)14(10-2)16-17(7,8)15(4,5)6;3*1-3-4-2;/h2,10,13-14H,12H2,1,3-8H3;3*1,3-4H2,2H3;. The van der Waals surface area contributed by atoms with Gasteiger partial charge in [-0.05, 0) is 0 Å². The number of hydrogen-bond acceptors (Lipinski definition) is 1. The van der Waals surface area contributed by atoms with Gasteiger partial charge in [-0.2, -0.15) is 0 Å². The zero-order valence-electron chi connectivity index (χ0n) is 22.3. The number of rotatable bonds is 15. The molecule has 0 aromatic heterocycles. The van der Waals surface area contributed by atoms with E-state index in [9.17, 15) is 0 Å². The van der Waals surface area contributed by atoms with Crippen molar-refractivity contribution < 1.29 is 4.43 Å². The molecular weight excluding hydrogens is 487 g/mol. The molecule has 0 fully saturated rings. The van der Waals surface area contributed by atoms with Crippen molar-refractivity contribution >= 4 is 26.7 Å². The molecule has 3 heteroatoms. The molecular formula is C27H54OSiSn. The van der Waals surface area contributed by atoms with Crippen molar-refractivity contribution in [2.45, 2.75) is 138 Å². The van der Waals surface area contributed by atoms with Crippen LogP contribution in [0.15, 0.2) is 10.2 Å². The predicted molar refractivity (Wildman–Crippen MR) is 143 cm³/mol. The molecule has 0 aromatic carbocycles. The van der Waals surface area contributed by atoms with Gasteiger partial charge in [0.2, 0.25) is 0 Å². The summed E-state index contributed by atoms with van der Waals surface area (Å²) in [6, 6.07) is 0. The normalized spacial score (nSPS) is 15.1. The minimum atomic E-state index is -2.29. The third kappa shape index (κ3) is 11.2. The monoisotopic (exact) mass is 542 g/mol. The number of unbranched alkanes of at least 4 members (excludes halogenated alkanes) is 3. The summed E-state index contributed by atoms with van der Waals surface area (Å²) >= 11 is -2.29. The van der Waals surface area contributed by atoms with Crippen LogP contribution in [0.3, 0.4) is 0 Å². The van der Waals surface area contributed by atoms with Crippen LogP contribution in [0.1, 0.15) is 100 Å². The van der Waals surface area contributed by atoms with Crippen LogP contribution in [0.2, 0.25) is 31.4 Å². The zero-order valence-corrected chi connectivity index (χ0v) is 26.1. The van der Waals surface area contributed by atoms with Crippen LogP contribution in [0.25, 0.3) is 0 Å². The van der Waals surface area contributed by atoms with E-state index >= 15 is 0 Å². The van der Waals surface area contributed by atoms with E-state index in [-0.39, 0.29) is 11.1 Å². The Morgan fingerprint density at radius 2 is 1.40 bits per heavy atom. The Labute approximate surface area is 196 Å². The quantitative estimate of drug-likeness (QED) is 0.148. The van der Waals surface area contributed by atoms with Gasteiger partial charge in [0.25, 0.3) is 0 Å². The molecule has 30 heavy (non-hydrogen) atoms. The first kappa shape index (κ1) is 30.3. The topological polar surface area (TPSA) is 9.23 Å². The molecule has 176 valence electrons. The van der Waals surface area contributed by atoms with Gasteiger partial charge in [-0.3, -0.25) is 0 Å². The summed E-state index contributed by atoms with van der Waals surface area (Å²) < 4.78 is 14.4. The average Bonchev–Trinajstić information content (AvgIpc) is 2.68. The summed E-state index contributed by atoms with van der Waals surface area (Å²) in [7, 11) is -1.82. The maximum atomic E-state index is 6.99. The molecule has 0 aliphatic rings. The Balaban J connectivity index is 5.90. The minimum absolute atomic E-state index is 0.215. The molecule has 2 unspecified atom stereocenters. The van der Waals surface area contributed by atoms with Crippen molar-refractivity contribution in [2.75, 3.05) is 0 Å². The molecule has 0 rings (SSSR count). The van der Waals surface area contributed by atoms with Gasteiger partial charge in [0.1, 0.15) is 0 Å². The molecule has 0 saturated heterocycles. The molecule has 2 atom stereocenters. The number of hydrogen-bond donors (Lipinski definition) is 0. The molecule has 0 saturated carbocycles. The third-order valence-electron chi connectivity index (χ3n) is 7.12. The molecule has 0 aromatic rings. The van der Waals surface area contributed by atoms with E-state index in [0.29, 0.717) is 5.92 Å². The summed E-state index contributed by atoms with van der Waals surface area (Å²) in [6.45, 7) is 23.2. The Hall–Kier alpha value is 0.276. The van der Waals surface area contributed by atoms with E-state index in [4.69, 9.17) is 4.43 Å². The fourth-order valence-corrected chi connectivity index (χ4v) is 19.4. The van der Waals surface area contributed by atoms with Crippen molar-refractivity contribution in [1.29, 1.82) is 0 Å². The van der Waals surface area contributed by atoms with Gasteiger partial charge < -0.3 is 0 Å². The molecule has 0 bridgehead atoms. The van der Waals surface area contributed by atoms with Crippen LogP contribution < -0.4 is 0 Å². The predicted octanol–water partition coefficient (Wildman–Crippen LogP) is 9.37. The van der Waals surface area contributed by atoms with Crippen molar-refractivity contribution in [3.05, 3.63) is 10.2 Å². The molecule has 0 aliphatic carbocycles. The molecule has 0 radical (unpaired) electrons. The molecule has 0 N–H and O–H groups in total. The Kier molecular flexibility index (Phi) is 15.3. The van der Waals surface area contributed by atoms with Crippen molar-refractivity contribution in [2.24, 2.45) is 5.92 Å². The summed E-state index contributed by atoms with van der Waals surface area (Å²) in [5.41, 5.74) is 0. The van der Waals surface area contributed by atoms with E-state index in [1.807, 2.05) is 6.92 Å². The fourth-order valence-electron chi connectivity index (χ4n) is 3.75. The molecule has 0 aliphatic heterocycles. The van der Waals surface area contributed by atoms with Gasteiger partial charge in [0.15, 0.2) is 0 Å². The Morgan fingerprint density at radius 3 is 1.77 bits per heavy atom. The second-order valence-corrected chi connectivity index (χ2v) is 28.7. The third-order valence-corrected chi connectivity index (χ3v) is 25.7. The summed E-state index contributed by atoms with van der Waals surface area (Å²) in [5, 5.41) is 0.238. The second-order valence-electron chi connectivity index (χ2n) is 11.0. The van der Waals surface area contributed by atoms with Crippen LogP contribution >= 0.6 is 0 Å². The van der Waals surface area contributed by atoms with E-state index in [0.717, 1.165) is 6.42 Å². The van der Waals surface area contributed by atoms with Gasteiger partial charge in [-0.1, -0.05) is 0 Å². The summed E-state index contributed by atoms with van der Waals surface area (Å²) in [6.07, 6.45) is 11.9. The second kappa shape index (κ2) is 15.2. The van der Waals surface area contributed by atoms with Crippen molar-refractivity contribution in [3.63, 3.8) is 0 Å². The fraction of sp³-hybridized carbons (Fsp3) is 0.852. The van der Waals surface area contributed by atoms with E-state index in [1.54, 1.807) is 0 Å². The zero-order chi connectivity index (χ0) is 23.3. The van der Waals surface area contributed by atoms with Crippen molar-refractivity contribution in [1.82, 2.24) is 0 Å². The first-order valence-electron chi connectivity index (χ1n) is 12.7. The Bertz CT molecular complexity index is 514. The average molecular weight is 542 g/mol. The van der Waals surface area contributed by atoms with Crippen LogP contribution in [-0.2, 0) is 4.43 Å². The molecule has 0 heterocycles. The van der Waals surface area contributed by atoms with Crippen LogP contribution in [-0.4, -0.2) is 32.8 Å². The molecule has 0 amide bonds. The molecule has 1 nitrogen and oxygen atoms in total. The van der Waals surface area contributed by atoms with Crippen LogP contribution in [0.5, 0.6) is 0 Å². The van der Waals surface area contributed by atoms with Gasteiger partial charge in [0.05, 0.1) is 0 Å². The van der Waals surface area contributed by atoms with Gasteiger partial charge in [-0.15, -0.1) is 0 Å². The van der Waals surface area contributed by atoms with Crippen molar-refractivity contribution in [3.8, 4) is 11.8 Å². The van der Waals surface area contributed by atoms with E-state index in [2.05, 4.69) is 83.6 Å². The molecule has 0 spiro atoms. The van der Waals surface area contributed by atoms with E-state index in [1.165, 1.54) is 51.8 Å². The SMILES string of the molecule is CC#CCC(C)C(C=[CH][Sn]([CH2]CCC)([CH2]CCC)[CH2]CCC)O[Si](C)(C)C(C)(C)C. The maximum absolute atomic E-state index is 6.99. The van der Waals surface area contributed by atoms with Gasteiger partial charge in [-0.25, -0.2) is 0 Å². The van der Waals surface area contributed by atoms with E-state index < -0.39 is 26.7 Å². The summed E-state index contributed by atoms with van der Waals surface area (Å²) in [4.78, 5) is 0.